The van der Waals surface area contributed by atoms with Crippen molar-refractivity contribution in [3.8, 4) is 0 Å². The third-order valence-corrected chi connectivity index (χ3v) is 58.8. The van der Waals surface area contributed by atoms with Gasteiger partial charge in [0.05, 0.1) is 0 Å². The number of benzene rings is 2. The fourth-order valence-corrected chi connectivity index (χ4v) is 70.4. The van der Waals surface area contributed by atoms with E-state index in [1.165, 1.54) is 0 Å². The van der Waals surface area contributed by atoms with E-state index >= 15 is 0 Å². The fourth-order valence-electron chi connectivity index (χ4n) is 11.7. The Morgan fingerprint density at radius 2 is 0.760 bits per heavy atom. The zero-order valence-electron chi connectivity index (χ0n) is 37.7. The number of fused-ring (bicyclic) bond motifs is 1. The number of hydrogen-bond acceptors (Lipinski definition) is 0. The summed E-state index contributed by atoms with van der Waals surface area (Å²) in [5, 5.41) is 1.56. The molecule has 1 radical (unpaired) electrons. The van der Waals surface area contributed by atoms with Crippen LogP contribution in [0.3, 0.4) is 0 Å². The quantitative estimate of drug-likeness (QED) is 0.191. The van der Waals surface area contributed by atoms with Crippen LogP contribution in [-0.4, -0.2) is 68.3 Å². The molecule has 1 nitrogen and oxygen atoms in total. The topological polar surface area (TPSA) is 31.5 Å². The summed E-state index contributed by atoms with van der Waals surface area (Å²) in [7, 11) is -9.56. The van der Waals surface area contributed by atoms with Gasteiger partial charge >= 0.3 is 320 Å². The largest absolute Gasteiger partial charge is 0.412 e. The molecule has 1 heterocycles. The summed E-state index contributed by atoms with van der Waals surface area (Å²) in [6.07, 6.45) is 0. The van der Waals surface area contributed by atoms with Crippen LogP contribution in [0.25, 0.3) is 0 Å². The van der Waals surface area contributed by atoms with Gasteiger partial charge in [0.2, 0.25) is 0 Å². The van der Waals surface area contributed by atoms with E-state index in [0.717, 1.165) is 10.3 Å². The molecule has 50 heavy (non-hydrogen) atoms. The van der Waals surface area contributed by atoms with E-state index in [-0.39, 0.29) is 5.48 Å². The predicted molar refractivity (Wildman–Crippen MR) is 251 cm³/mol. The normalized spacial score (nSPS) is 16.4. The third-order valence-electron chi connectivity index (χ3n) is 12.0. The molecular weight excluding hydrogens is 762 g/mol. The van der Waals surface area contributed by atoms with Crippen molar-refractivity contribution in [1.82, 2.24) is 0 Å². The van der Waals surface area contributed by atoms with Crippen molar-refractivity contribution in [2.75, 3.05) is 0 Å². The van der Waals surface area contributed by atoms with E-state index in [9.17, 15) is 0 Å². The van der Waals surface area contributed by atoms with Crippen molar-refractivity contribution in [1.29, 1.82) is 0 Å². The Bertz CT molecular complexity index is 1430. The van der Waals surface area contributed by atoms with Crippen LogP contribution in [-0.2, 0) is 3.49 Å². The molecule has 285 valence electrons. The molecule has 0 spiro atoms. The Balaban J connectivity index is 0.00000867. The van der Waals surface area contributed by atoms with Crippen LogP contribution in [0.5, 0.6) is 0 Å². The first-order valence-corrected chi connectivity index (χ1v) is 44.3. The Morgan fingerprint density at radius 1 is 0.420 bits per heavy atom. The van der Waals surface area contributed by atoms with Crippen molar-refractivity contribution in [2.24, 2.45) is 0 Å². The van der Waals surface area contributed by atoms with Crippen molar-refractivity contribution >= 4 is 71.6 Å². The molecule has 1 aliphatic heterocycles. The van der Waals surface area contributed by atoms with Gasteiger partial charge < -0.3 is 5.48 Å². The predicted octanol–water partition coefficient (Wildman–Crippen LogP) is 12.1. The molecule has 2 aromatic carbocycles. The second kappa shape index (κ2) is 14.7. The zero-order valence-corrected chi connectivity index (χ0v) is 45.8. The minimum atomic E-state index is -2.12. The van der Waals surface area contributed by atoms with E-state index in [4.69, 9.17) is 0 Å². The first-order valence-electron chi connectivity index (χ1n) is 19.9. The van der Waals surface area contributed by atoms with Gasteiger partial charge in [0.15, 0.2) is 0 Å². The van der Waals surface area contributed by atoms with Gasteiger partial charge in [0.1, 0.15) is 0 Å². The van der Waals surface area contributed by atoms with Crippen molar-refractivity contribution < 1.29 is 5.48 Å². The van der Waals surface area contributed by atoms with Gasteiger partial charge in [0.25, 0.3) is 0 Å². The summed E-state index contributed by atoms with van der Waals surface area (Å²) in [6.45, 7) is 64.2. The molecule has 0 atom stereocenters. The zero-order chi connectivity index (χ0) is 38.4. The summed E-state index contributed by atoms with van der Waals surface area (Å²) in [6, 6.07) is 11.3. The Labute approximate surface area is 323 Å². The molecule has 0 aliphatic carbocycles. The van der Waals surface area contributed by atoms with Gasteiger partial charge in [0, 0.05) is 0 Å². The first-order chi connectivity index (χ1) is 21.6. The van der Waals surface area contributed by atoms with E-state index in [0.29, 0.717) is 21.2 Å². The van der Waals surface area contributed by atoms with Gasteiger partial charge in [-0.15, -0.1) is 0 Å². The Kier molecular flexibility index (Phi) is 13.7. The maximum atomic E-state index is 2.96. The minimum absolute atomic E-state index is 0. The van der Waals surface area contributed by atoms with Gasteiger partial charge in [-0.25, -0.2) is 0 Å². The van der Waals surface area contributed by atoms with Crippen LogP contribution < -0.4 is 8.79 Å². The molecule has 3 rings (SSSR count). The van der Waals surface area contributed by atoms with Crippen LogP contribution in [0.2, 0.25) is 118 Å². The second-order valence-corrected chi connectivity index (χ2v) is 64.3. The third kappa shape index (κ3) is 8.25. The molecule has 1 aliphatic rings. The molecule has 0 fully saturated rings. The van der Waals surface area contributed by atoms with Gasteiger partial charge in [-0.3, -0.25) is 0 Å². The van der Waals surface area contributed by atoms with E-state index in [1.807, 2.05) is 19.9 Å². The average molecular weight is 845 g/mol. The fraction of sp³-hybridized carbons (Fsp3) is 0.714. The molecule has 0 saturated heterocycles. The smallest absolute Gasteiger partial charge is 0.412 e. The van der Waals surface area contributed by atoms with Crippen LogP contribution >= 0.6 is 0 Å². The molecule has 8 heteroatoms. The minimum Gasteiger partial charge on any atom is -0.412 e. The summed E-state index contributed by atoms with van der Waals surface area (Å²) in [5.41, 5.74) is 10.6. The van der Waals surface area contributed by atoms with E-state index in [1.54, 1.807) is 22.3 Å². The maximum absolute atomic E-state index is 2.96. The van der Waals surface area contributed by atoms with Crippen molar-refractivity contribution in [2.45, 2.75) is 191 Å². The van der Waals surface area contributed by atoms with Gasteiger partial charge in [-0.2, -0.15) is 0 Å². The number of rotatable bonds is 12. The average Bonchev–Trinajstić information content (AvgIpc) is 2.79. The Hall–Kier alpha value is 0.244. The summed E-state index contributed by atoms with van der Waals surface area (Å²) in [4.78, 5) is 0. The summed E-state index contributed by atoms with van der Waals surface area (Å²) in [5.74, 6) is 1.65. The molecule has 0 saturated carbocycles. The first kappa shape index (κ1) is 46.4. The van der Waals surface area contributed by atoms with E-state index in [2.05, 4.69) is 184 Å². The SMILES string of the molecule is CC(C)c1cc(C(C)C)[c]([Ge]2[c]3c(C([Si](C)(C)C)[Si](C)(C)C)cc(C([Si](C)(C)C)[Si](C)(C)C)cc3[C]2([Si](C)(C)C)[Si](C)(C)C)c(C(C)C)c1.O. The number of hydrogen-bond donors (Lipinski definition) is 0. The van der Waals surface area contributed by atoms with Crippen LogP contribution in [0.4, 0.5) is 0 Å². The molecule has 0 aromatic heterocycles. The second-order valence-electron chi connectivity index (χ2n) is 23.5. The van der Waals surface area contributed by atoms with Crippen LogP contribution in [0.1, 0.15) is 103 Å². The Morgan fingerprint density at radius 3 is 1.04 bits per heavy atom. The van der Waals surface area contributed by atoms with Gasteiger partial charge in [-0.05, 0) is 0 Å². The van der Waals surface area contributed by atoms with Crippen LogP contribution in [0.15, 0.2) is 24.3 Å². The molecule has 0 bridgehead atoms. The van der Waals surface area contributed by atoms with Crippen molar-refractivity contribution in [3.63, 3.8) is 0 Å². The standard InChI is InChI=1S/C42H81GeSi6.H2O/c1-29(2)32-25-34(30(3)4)38(35(26-32)31(5)6)43-39-36(41(46(13,14)15)47(16,17)18)27-33(40(44(7,8)9)45(10,11)12)28-37(39)42(43,48(19,20)21)49(22,23)24;/h25-31,40-41H,1-24H3;1H2. The molecule has 0 amide bonds. The van der Waals surface area contributed by atoms with Gasteiger partial charge in [-0.1, -0.05) is 0 Å². The molecule has 2 N–H and O–H groups in total. The van der Waals surface area contributed by atoms with Crippen molar-refractivity contribution in [3.05, 3.63) is 57.6 Å². The van der Waals surface area contributed by atoms with Crippen LogP contribution in [0, 0.1) is 0 Å². The van der Waals surface area contributed by atoms with E-state index < -0.39 is 62.8 Å². The molecular formula is C42H83GeOSi6. The summed E-state index contributed by atoms with van der Waals surface area (Å²) < 4.78 is 4.37. The molecule has 0 unspecified atom stereocenters. The monoisotopic (exact) mass is 845 g/mol. The molecule has 2 aromatic rings. The summed E-state index contributed by atoms with van der Waals surface area (Å²) >= 11 is -2.12. The maximum Gasteiger partial charge on any atom is -0.412 e.